The number of aryl methyl sites for hydroxylation is 1. The van der Waals surface area contributed by atoms with Crippen LogP contribution in [0.3, 0.4) is 0 Å². The summed E-state index contributed by atoms with van der Waals surface area (Å²) in [6.07, 6.45) is 0. The number of sulfonamides is 1. The number of anilines is 2. The third-order valence-corrected chi connectivity index (χ3v) is 4.68. The van der Waals surface area contributed by atoms with Gasteiger partial charge in [0.2, 0.25) is 10.0 Å². The van der Waals surface area contributed by atoms with Gasteiger partial charge in [-0.25, -0.2) is 8.42 Å². The first kappa shape index (κ1) is 15.3. The maximum absolute atomic E-state index is 12.0. The molecule has 0 aliphatic carbocycles. The van der Waals surface area contributed by atoms with Gasteiger partial charge in [-0.1, -0.05) is 20.8 Å². The molecule has 0 aliphatic rings. The molecule has 0 bridgehead atoms. The van der Waals surface area contributed by atoms with Crippen molar-refractivity contribution < 1.29 is 8.42 Å². The number of nitrogen functional groups attached to an aromatic ring is 1. The first-order valence-corrected chi connectivity index (χ1v) is 8.01. The number of hydrogen-bond acceptors (Lipinski definition) is 3. The molecule has 0 aliphatic heterocycles. The van der Waals surface area contributed by atoms with Crippen molar-refractivity contribution >= 4 is 37.3 Å². The monoisotopic (exact) mass is 334 g/mol. The highest BCUT2D eigenvalue weighted by Gasteiger charge is 2.22. The highest BCUT2D eigenvalue weighted by molar-refractivity contribution is 9.10. The predicted molar refractivity (Wildman–Crippen MR) is 80.2 cm³/mol. The van der Waals surface area contributed by atoms with E-state index in [4.69, 9.17) is 5.73 Å². The minimum absolute atomic E-state index is 0.0558. The summed E-state index contributed by atoms with van der Waals surface area (Å²) in [4.78, 5) is 0. The van der Waals surface area contributed by atoms with Gasteiger partial charge in [0.15, 0.2) is 0 Å². The van der Waals surface area contributed by atoms with Crippen LogP contribution < -0.4 is 10.5 Å². The Morgan fingerprint density at radius 3 is 2.39 bits per heavy atom. The third-order valence-electron chi connectivity index (χ3n) is 2.24. The van der Waals surface area contributed by atoms with E-state index in [1.165, 1.54) is 0 Å². The van der Waals surface area contributed by atoms with Gasteiger partial charge >= 0.3 is 0 Å². The molecule has 0 heterocycles. The molecular formula is C12H19BrN2O2S. The van der Waals surface area contributed by atoms with Crippen LogP contribution in [0.4, 0.5) is 11.4 Å². The third kappa shape index (κ3) is 4.49. The zero-order valence-corrected chi connectivity index (χ0v) is 13.4. The first-order chi connectivity index (χ1) is 8.00. The molecule has 0 fully saturated rings. The van der Waals surface area contributed by atoms with E-state index < -0.39 is 10.0 Å². The fourth-order valence-corrected chi connectivity index (χ4v) is 3.95. The number of nitrogens with two attached hydrogens (primary N) is 1. The van der Waals surface area contributed by atoms with Crippen LogP contribution in [0.1, 0.15) is 26.3 Å². The van der Waals surface area contributed by atoms with Gasteiger partial charge in [0.25, 0.3) is 0 Å². The summed E-state index contributed by atoms with van der Waals surface area (Å²) >= 11 is 3.33. The van der Waals surface area contributed by atoms with Crippen molar-refractivity contribution in [1.82, 2.24) is 0 Å². The lowest BCUT2D eigenvalue weighted by atomic mass is 10.0. The molecule has 6 heteroatoms. The Morgan fingerprint density at radius 1 is 1.33 bits per heavy atom. The zero-order valence-electron chi connectivity index (χ0n) is 11.0. The van der Waals surface area contributed by atoms with Crippen LogP contribution in [0.15, 0.2) is 16.6 Å². The number of halogens is 1. The maximum atomic E-state index is 12.0. The molecule has 0 radical (unpaired) electrons. The van der Waals surface area contributed by atoms with E-state index in [2.05, 4.69) is 20.7 Å². The molecule has 18 heavy (non-hydrogen) atoms. The fourth-order valence-electron chi connectivity index (χ4n) is 1.54. The highest BCUT2D eigenvalue weighted by atomic mass is 79.9. The first-order valence-electron chi connectivity index (χ1n) is 5.56. The number of benzene rings is 1. The SMILES string of the molecule is Cc1cc(Br)c(NS(=O)(=O)CC(C)(C)C)cc1N. The second-order valence-corrected chi connectivity index (χ2v) is 8.19. The van der Waals surface area contributed by atoms with E-state index in [-0.39, 0.29) is 11.2 Å². The maximum Gasteiger partial charge on any atom is 0.233 e. The normalized spacial score (nSPS) is 12.5. The molecular weight excluding hydrogens is 316 g/mol. The van der Waals surface area contributed by atoms with Gasteiger partial charge in [0.1, 0.15) is 0 Å². The zero-order chi connectivity index (χ0) is 14.1. The number of hydrogen-bond donors (Lipinski definition) is 2. The van der Waals surface area contributed by atoms with E-state index in [0.29, 0.717) is 15.8 Å². The van der Waals surface area contributed by atoms with Crippen LogP contribution in [0.5, 0.6) is 0 Å². The minimum atomic E-state index is -3.38. The lowest BCUT2D eigenvalue weighted by molar-refractivity contribution is 0.463. The molecule has 0 unspecified atom stereocenters. The smallest absolute Gasteiger partial charge is 0.233 e. The van der Waals surface area contributed by atoms with Gasteiger partial charge < -0.3 is 5.73 Å². The summed E-state index contributed by atoms with van der Waals surface area (Å²) < 4.78 is 27.2. The van der Waals surface area contributed by atoms with Crippen LogP contribution in [-0.2, 0) is 10.0 Å². The van der Waals surface area contributed by atoms with Crippen LogP contribution >= 0.6 is 15.9 Å². The molecule has 3 N–H and O–H groups in total. The number of nitrogens with one attached hydrogen (secondary N) is 1. The molecule has 0 saturated carbocycles. The largest absolute Gasteiger partial charge is 0.398 e. The summed E-state index contributed by atoms with van der Waals surface area (Å²) in [6.45, 7) is 7.51. The van der Waals surface area contributed by atoms with Crippen LogP contribution in [-0.4, -0.2) is 14.2 Å². The van der Waals surface area contributed by atoms with Crippen molar-refractivity contribution in [2.45, 2.75) is 27.7 Å². The molecule has 4 nitrogen and oxygen atoms in total. The van der Waals surface area contributed by atoms with Gasteiger partial charge in [-0.15, -0.1) is 0 Å². The van der Waals surface area contributed by atoms with Crippen molar-refractivity contribution in [2.75, 3.05) is 16.2 Å². The van der Waals surface area contributed by atoms with Crippen molar-refractivity contribution in [3.05, 3.63) is 22.2 Å². The molecule has 1 aromatic rings. The van der Waals surface area contributed by atoms with E-state index in [0.717, 1.165) is 5.56 Å². The topological polar surface area (TPSA) is 72.2 Å². The molecule has 0 spiro atoms. The van der Waals surface area contributed by atoms with Gasteiger partial charge in [0, 0.05) is 10.2 Å². The Kier molecular flexibility index (Phi) is 4.33. The predicted octanol–water partition coefficient (Wildman–Crippen LogP) is 3.13. The molecule has 0 saturated heterocycles. The molecule has 0 aromatic heterocycles. The Bertz CT molecular complexity index is 548. The van der Waals surface area contributed by atoms with Crippen molar-refractivity contribution in [2.24, 2.45) is 5.41 Å². The molecule has 102 valence electrons. The van der Waals surface area contributed by atoms with E-state index in [1.54, 1.807) is 12.1 Å². The minimum Gasteiger partial charge on any atom is -0.398 e. The average molecular weight is 335 g/mol. The Labute approximate surface area is 117 Å². The van der Waals surface area contributed by atoms with E-state index in [1.807, 2.05) is 27.7 Å². The van der Waals surface area contributed by atoms with Gasteiger partial charge in [-0.3, -0.25) is 4.72 Å². The van der Waals surface area contributed by atoms with Crippen molar-refractivity contribution in [3.63, 3.8) is 0 Å². The summed E-state index contributed by atoms with van der Waals surface area (Å²) in [6, 6.07) is 3.42. The van der Waals surface area contributed by atoms with Crippen molar-refractivity contribution in [3.8, 4) is 0 Å². The second-order valence-electron chi connectivity index (χ2n) is 5.61. The Balaban J connectivity index is 3.02. The second kappa shape index (κ2) is 5.09. The summed E-state index contributed by atoms with van der Waals surface area (Å²) in [7, 11) is -3.38. The lowest BCUT2D eigenvalue weighted by Gasteiger charge is -2.19. The van der Waals surface area contributed by atoms with Gasteiger partial charge in [-0.2, -0.15) is 0 Å². The summed E-state index contributed by atoms with van der Waals surface area (Å²) in [5.74, 6) is 0.0558. The van der Waals surface area contributed by atoms with Crippen LogP contribution in [0, 0.1) is 12.3 Å². The average Bonchev–Trinajstić information content (AvgIpc) is 2.09. The van der Waals surface area contributed by atoms with Gasteiger partial charge in [-0.05, 0) is 46.0 Å². The highest BCUT2D eigenvalue weighted by Crippen LogP contribution is 2.29. The molecule has 0 amide bonds. The van der Waals surface area contributed by atoms with E-state index in [9.17, 15) is 8.42 Å². The Morgan fingerprint density at radius 2 is 1.89 bits per heavy atom. The van der Waals surface area contributed by atoms with Crippen molar-refractivity contribution in [1.29, 1.82) is 0 Å². The van der Waals surface area contributed by atoms with Crippen LogP contribution in [0.2, 0.25) is 0 Å². The quantitative estimate of drug-likeness (QED) is 0.834. The lowest BCUT2D eigenvalue weighted by Crippen LogP contribution is -2.26. The fraction of sp³-hybridized carbons (Fsp3) is 0.500. The van der Waals surface area contributed by atoms with E-state index >= 15 is 0 Å². The van der Waals surface area contributed by atoms with Crippen LogP contribution in [0.25, 0.3) is 0 Å². The summed E-state index contributed by atoms with van der Waals surface area (Å²) in [5, 5.41) is 0. The molecule has 1 rings (SSSR count). The molecule has 0 atom stereocenters. The number of rotatable bonds is 3. The van der Waals surface area contributed by atoms with Gasteiger partial charge in [0.05, 0.1) is 11.4 Å². The Hall–Kier alpha value is -0.750. The molecule has 1 aromatic carbocycles. The summed E-state index contributed by atoms with van der Waals surface area (Å²) in [5.41, 5.74) is 7.42. The standard InChI is InChI=1S/C12H19BrN2O2S/c1-8-5-9(13)11(6-10(8)14)15-18(16,17)7-12(2,3)4/h5-6,15H,7,14H2,1-4H3.